The molecule has 0 bridgehead atoms. The first-order chi connectivity index (χ1) is 12.3. The second-order valence-electron chi connectivity index (χ2n) is 7.13. The Balaban J connectivity index is 2.53. The van der Waals surface area contributed by atoms with E-state index < -0.39 is 30.1 Å². The molecule has 0 spiro atoms. The normalized spacial score (nSPS) is 21.0. The molecule has 0 radical (unpaired) electrons. The van der Waals surface area contributed by atoms with Gasteiger partial charge in [-0.15, -0.1) is 0 Å². The highest BCUT2D eigenvalue weighted by Crippen LogP contribution is 2.24. The first-order valence-corrected chi connectivity index (χ1v) is 9.31. The molecule has 8 heteroatoms. The number of epoxide rings is 1. The van der Waals surface area contributed by atoms with E-state index in [0.29, 0.717) is 25.3 Å². The lowest BCUT2D eigenvalue weighted by Gasteiger charge is -2.19. The van der Waals surface area contributed by atoms with Crippen LogP contribution in [0.4, 0.5) is 0 Å². The fourth-order valence-electron chi connectivity index (χ4n) is 2.39. The van der Waals surface area contributed by atoms with Crippen LogP contribution in [0.5, 0.6) is 0 Å². The maximum atomic E-state index is 12.4. The van der Waals surface area contributed by atoms with Crippen LogP contribution in [0.2, 0.25) is 0 Å². The van der Waals surface area contributed by atoms with Gasteiger partial charge in [0.15, 0.2) is 12.2 Å². The van der Waals surface area contributed by atoms with Crippen molar-refractivity contribution in [2.24, 2.45) is 11.8 Å². The van der Waals surface area contributed by atoms with E-state index in [9.17, 15) is 14.4 Å². The maximum absolute atomic E-state index is 12.4. The third-order valence-electron chi connectivity index (χ3n) is 4.18. The van der Waals surface area contributed by atoms with E-state index in [1.54, 1.807) is 6.92 Å². The standard InChI is InChI=1S/C18H32N2O6/c1-5-25-18(24)15-14(26-15)17(23)20-13(7-6-11(2)3)16(22)19-9-8-12(4)10-21/h11-15,21H,5-10H2,1-4H3,(H,19,22)(H,20,23)/t12-,13+,14+,15+/m1/s1. The average molecular weight is 372 g/mol. The monoisotopic (exact) mass is 372 g/mol. The number of amides is 2. The summed E-state index contributed by atoms with van der Waals surface area (Å²) in [6.45, 7) is 8.38. The van der Waals surface area contributed by atoms with Gasteiger partial charge < -0.3 is 25.2 Å². The predicted octanol–water partition coefficient (Wildman–Crippen LogP) is 0.373. The van der Waals surface area contributed by atoms with E-state index in [0.717, 1.165) is 6.42 Å². The number of hydrogen-bond donors (Lipinski definition) is 3. The molecule has 3 N–H and O–H groups in total. The Bertz CT molecular complexity index is 482. The van der Waals surface area contributed by atoms with Crippen molar-refractivity contribution in [1.82, 2.24) is 10.6 Å². The molecule has 150 valence electrons. The van der Waals surface area contributed by atoms with Gasteiger partial charge in [-0.2, -0.15) is 0 Å². The number of ether oxygens (including phenoxy) is 2. The van der Waals surface area contributed by atoms with Crippen molar-refractivity contribution in [3.05, 3.63) is 0 Å². The average Bonchev–Trinajstić information content (AvgIpc) is 3.39. The molecule has 0 aromatic heterocycles. The number of aliphatic hydroxyl groups is 1. The molecule has 4 atom stereocenters. The fraction of sp³-hybridized carbons (Fsp3) is 0.833. The molecule has 2 amide bonds. The molecule has 1 aliphatic rings. The van der Waals surface area contributed by atoms with Crippen LogP contribution in [0.15, 0.2) is 0 Å². The minimum absolute atomic E-state index is 0.0671. The highest BCUT2D eigenvalue weighted by atomic mass is 16.6. The van der Waals surface area contributed by atoms with Crippen molar-refractivity contribution in [1.29, 1.82) is 0 Å². The van der Waals surface area contributed by atoms with Crippen molar-refractivity contribution in [2.75, 3.05) is 19.8 Å². The summed E-state index contributed by atoms with van der Waals surface area (Å²) in [5.41, 5.74) is 0. The first-order valence-electron chi connectivity index (χ1n) is 9.31. The van der Waals surface area contributed by atoms with Crippen molar-refractivity contribution in [3.63, 3.8) is 0 Å². The SMILES string of the molecule is CCOC(=O)[C@H]1O[C@@H]1C(=O)N[C@@H](CCC(C)C)C(=O)NCC[C@@H](C)CO. The number of carbonyl (C=O) groups is 3. The van der Waals surface area contributed by atoms with E-state index >= 15 is 0 Å². The van der Waals surface area contributed by atoms with Crippen LogP contribution in [0.1, 0.15) is 47.0 Å². The molecule has 26 heavy (non-hydrogen) atoms. The molecule has 1 saturated heterocycles. The van der Waals surface area contributed by atoms with Gasteiger partial charge in [0.25, 0.3) is 5.91 Å². The second kappa shape index (κ2) is 11.1. The van der Waals surface area contributed by atoms with Gasteiger partial charge in [0, 0.05) is 13.2 Å². The number of carbonyl (C=O) groups excluding carboxylic acids is 3. The van der Waals surface area contributed by atoms with Crippen LogP contribution in [0, 0.1) is 11.8 Å². The van der Waals surface area contributed by atoms with E-state index in [1.807, 2.05) is 20.8 Å². The van der Waals surface area contributed by atoms with Gasteiger partial charge in [-0.1, -0.05) is 20.8 Å². The minimum Gasteiger partial charge on any atom is -0.464 e. The van der Waals surface area contributed by atoms with Gasteiger partial charge >= 0.3 is 5.97 Å². The largest absolute Gasteiger partial charge is 0.464 e. The van der Waals surface area contributed by atoms with Crippen molar-refractivity contribution in [2.45, 2.75) is 65.2 Å². The maximum Gasteiger partial charge on any atom is 0.338 e. The molecule has 0 saturated carbocycles. The van der Waals surface area contributed by atoms with Crippen LogP contribution < -0.4 is 10.6 Å². The van der Waals surface area contributed by atoms with E-state index in [2.05, 4.69) is 10.6 Å². The molecule has 1 heterocycles. The summed E-state index contributed by atoms with van der Waals surface area (Å²) in [6.07, 6.45) is 0.163. The Morgan fingerprint density at radius 2 is 1.81 bits per heavy atom. The highest BCUT2D eigenvalue weighted by Gasteiger charge is 2.52. The molecule has 1 fully saturated rings. The number of hydrogen-bond acceptors (Lipinski definition) is 6. The number of esters is 1. The lowest BCUT2D eigenvalue weighted by molar-refractivity contribution is -0.144. The van der Waals surface area contributed by atoms with Gasteiger partial charge in [0.2, 0.25) is 5.91 Å². The third kappa shape index (κ3) is 7.70. The molecule has 0 aromatic rings. The molecule has 1 aliphatic heterocycles. The molecule has 1 rings (SSSR count). The van der Waals surface area contributed by atoms with Crippen molar-refractivity contribution in [3.8, 4) is 0 Å². The molecular weight excluding hydrogens is 340 g/mol. The number of rotatable bonds is 12. The van der Waals surface area contributed by atoms with Crippen LogP contribution in [0.25, 0.3) is 0 Å². The summed E-state index contributed by atoms with van der Waals surface area (Å²) < 4.78 is 9.90. The Labute approximate surface area is 155 Å². The van der Waals surface area contributed by atoms with Crippen LogP contribution in [-0.2, 0) is 23.9 Å². The summed E-state index contributed by atoms with van der Waals surface area (Å²) in [4.78, 5) is 36.2. The number of aliphatic hydroxyl groups excluding tert-OH is 1. The smallest absolute Gasteiger partial charge is 0.338 e. The molecular formula is C18H32N2O6. The Morgan fingerprint density at radius 1 is 1.12 bits per heavy atom. The highest BCUT2D eigenvalue weighted by molar-refractivity contribution is 5.95. The molecule has 8 nitrogen and oxygen atoms in total. The fourth-order valence-corrected chi connectivity index (χ4v) is 2.39. The Hall–Kier alpha value is -1.67. The molecule has 0 aliphatic carbocycles. The third-order valence-corrected chi connectivity index (χ3v) is 4.18. The lowest BCUT2D eigenvalue weighted by atomic mass is 10.0. The zero-order chi connectivity index (χ0) is 19.7. The summed E-state index contributed by atoms with van der Waals surface area (Å²) in [5, 5.41) is 14.5. The van der Waals surface area contributed by atoms with Gasteiger partial charge in [-0.3, -0.25) is 9.59 Å². The van der Waals surface area contributed by atoms with Gasteiger partial charge in [0.05, 0.1) is 6.61 Å². The number of nitrogens with one attached hydrogen (secondary N) is 2. The summed E-state index contributed by atoms with van der Waals surface area (Å²) in [6, 6.07) is -0.679. The van der Waals surface area contributed by atoms with Crippen molar-refractivity contribution >= 4 is 17.8 Å². The molecule has 0 unspecified atom stereocenters. The van der Waals surface area contributed by atoms with Crippen LogP contribution in [-0.4, -0.2) is 60.9 Å². The lowest BCUT2D eigenvalue weighted by Crippen LogP contribution is -2.49. The van der Waals surface area contributed by atoms with Crippen molar-refractivity contribution < 1.29 is 29.0 Å². The van der Waals surface area contributed by atoms with E-state index in [-0.39, 0.29) is 25.0 Å². The Morgan fingerprint density at radius 3 is 2.38 bits per heavy atom. The summed E-state index contributed by atoms with van der Waals surface area (Å²) in [5.74, 6) is -0.813. The quantitative estimate of drug-likeness (QED) is 0.337. The molecule has 0 aromatic carbocycles. The summed E-state index contributed by atoms with van der Waals surface area (Å²) in [7, 11) is 0. The van der Waals surface area contributed by atoms with Crippen LogP contribution >= 0.6 is 0 Å². The summed E-state index contributed by atoms with van der Waals surface area (Å²) >= 11 is 0. The van der Waals surface area contributed by atoms with E-state index in [4.69, 9.17) is 14.6 Å². The topological polar surface area (TPSA) is 117 Å². The van der Waals surface area contributed by atoms with E-state index in [1.165, 1.54) is 0 Å². The van der Waals surface area contributed by atoms with Gasteiger partial charge in [-0.05, 0) is 38.0 Å². The zero-order valence-corrected chi connectivity index (χ0v) is 16.1. The Kier molecular flexibility index (Phi) is 9.58. The van der Waals surface area contributed by atoms with Gasteiger partial charge in [-0.25, -0.2) is 4.79 Å². The van der Waals surface area contributed by atoms with Gasteiger partial charge in [0.1, 0.15) is 6.04 Å². The first kappa shape index (κ1) is 22.4. The van der Waals surface area contributed by atoms with Crippen LogP contribution in [0.3, 0.4) is 0 Å². The minimum atomic E-state index is -0.891. The predicted molar refractivity (Wildman–Crippen MR) is 95.2 cm³/mol. The second-order valence-corrected chi connectivity index (χ2v) is 7.13. The zero-order valence-electron chi connectivity index (χ0n) is 16.1.